The first-order valence-electron chi connectivity index (χ1n) is 7.92. The number of rotatable bonds is 6. The Balaban J connectivity index is 2.15. The number of carboxylic acids is 1. The van der Waals surface area contributed by atoms with Crippen molar-refractivity contribution in [1.29, 1.82) is 0 Å². The number of nitrogen functional groups attached to an aromatic ring is 1. The number of hydrogen-bond acceptors (Lipinski definition) is 3. The van der Waals surface area contributed by atoms with Crippen LogP contribution in [0.2, 0.25) is 0 Å². The zero-order valence-electron chi connectivity index (χ0n) is 13.8. The molecule has 1 amide bonds. The summed E-state index contributed by atoms with van der Waals surface area (Å²) < 4.78 is 0. The second-order valence-electron chi connectivity index (χ2n) is 5.88. The fourth-order valence-electron chi connectivity index (χ4n) is 2.44. The molecular weight excluding hydrogens is 304 g/mol. The van der Waals surface area contributed by atoms with Gasteiger partial charge in [0.25, 0.3) is 5.91 Å². The minimum absolute atomic E-state index is 0.141. The summed E-state index contributed by atoms with van der Waals surface area (Å²) in [5, 5.41) is 11.9. The van der Waals surface area contributed by atoms with Crippen molar-refractivity contribution in [3.05, 3.63) is 54.1 Å². The summed E-state index contributed by atoms with van der Waals surface area (Å²) >= 11 is 0. The third-order valence-electron chi connectivity index (χ3n) is 4.13. The van der Waals surface area contributed by atoms with E-state index in [0.29, 0.717) is 17.7 Å². The molecular formula is C19H22N2O3. The van der Waals surface area contributed by atoms with Gasteiger partial charge in [-0.1, -0.05) is 44.5 Å². The lowest BCUT2D eigenvalue weighted by atomic mass is 9.98. The number of carbonyl (C=O) groups excluding carboxylic acids is 1. The Morgan fingerprint density at radius 3 is 2.33 bits per heavy atom. The van der Waals surface area contributed by atoms with Crippen LogP contribution in [0.3, 0.4) is 0 Å². The number of nitrogens with two attached hydrogens (primary N) is 1. The molecule has 0 fully saturated rings. The summed E-state index contributed by atoms with van der Waals surface area (Å²) in [4.78, 5) is 23.6. The van der Waals surface area contributed by atoms with Gasteiger partial charge in [-0.05, 0) is 41.3 Å². The van der Waals surface area contributed by atoms with Crippen LogP contribution in [0.4, 0.5) is 5.69 Å². The predicted molar refractivity (Wildman–Crippen MR) is 94.6 cm³/mol. The van der Waals surface area contributed by atoms with E-state index >= 15 is 0 Å². The summed E-state index contributed by atoms with van der Waals surface area (Å²) in [5.74, 6) is -1.55. The molecule has 1 unspecified atom stereocenters. The van der Waals surface area contributed by atoms with E-state index in [1.54, 1.807) is 12.1 Å². The second-order valence-corrected chi connectivity index (χ2v) is 5.88. The molecule has 2 atom stereocenters. The van der Waals surface area contributed by atoms with Crippen molar-refractivity contribution in [1.82, 2.24) is 5.32 Å². The SMILES string of the molecule is CCC(C)[C@H](NC(=O)c1ccc(-c2cccc(N)c2)cc1)C(=O)O. The maximum Gasteiger partial charge on any atom is 0.326 e. The summed E-state index contributed by atoms with van der Waals surface area (Å²) in [7, 11) is 0. The van der Waals surface area contributed by atoms with Crippen LogP contribution in [0.5, 0.6) is 0 Å². The fourth-order valence-corrected chi connectivity index (χ4v) is 2.44. The molecule has 2 rings (SSSR count). The molecule has 2 aromatic rings. The third-order valence-corrected chi connectivity index (χ3v) is 4.13. The molecule has 0 aliphatic rings. The highest BCUT2D eigenvalue weighted by Crippen LogP contribution is 2.22. The zero-order valence-corrected chi connectivity index (χ0v) is 13.8. The van der Waals surface area contributed by atoms with Crippen molar-refractivity contribution in [3.8, 4) is 11.1 Å². The molecule has 0 bridgehead atoms. The first kappa shape index (κ1) is 17.5. The molecule has 5 nitrogen and oxygen atoms in total. The molecule has 126 valence electrons. The normalized spacial score (nSPS) is 13.1. The van der Waals surface area contributed by atoms with Crippen LogP contribution in [0.1, 0.15) is 30.6 Å². The molecule has 0 saturated heterocycles. The van der Waals surface area contributed by atoms with E-state index in [1.165, 1.54) is 0 Å². The smallest absolute Gasteiger partial charge is 0.326 e. The van der Waals surface area contributed by atoms with E-state index in [4.69, 9.17) is 5.73 Å². The standard InChI is InChI=1S/C19H22N2O3/c1-3-12(2)17(19(23)24)21-18(22)14-9-7-13(8-10-14)15-5-4-6-16(20)11-15/h4-12,17H,3,20H2,1-2H3,(H,21,22)(H,23,24)/t12?,17-/m0/s1. The van der Waals surface area contributed by atoms with Gasteiger partial charge in [0.2, 0.25) is 0 Å². The highest BCUT2D eigenvalue weighted by Gasteiger charge is 2.25. The fraction of sp³-hybridized carbons (Fsp3) is 0.263. The highest BCUT2D eigenvalue weighted by atomic mass is 16.4. The Hall–Kier alpha value is -2.82. The third kappa shape index (κ3) is 4.13. The predicted octanol–water partition coefficient (Wildman–Crippen LogP) is 3.16. The summed E-state index contributed by atoms with van der Waals surface area (Å²) in [6.45, 7) is 3.70. The van der Waals surface area contributed by atoms with Crippen LogP contribution in [-0.4, -0.2) is 23.0 Å². The van der Waals surface area contributed by atoms with Crippen molar-refractivity contribution in [2.24, 2.45) is 5.92 Å². The van der Waals surface area contributed by atoms with E-state index in [9.17, 15) is 14.7 Å². The van der Waals surface area contributed by atoms with Crippen molar-refractivity contribution < 1.29 is 14.7 Å². The van der Waals surface area contributed by atoms with Crippen molar-refractivity contribution >= 4 is 17.6 Å². The highest BCUT2D eigenvalue weighted by molar-refractivity contribution is 5.97. The Kier molecular flexibility index (Phi) is 5.58. The Labute approximate surface area is 141 Å². The topological polar surface area (TPSA) is 92.4 Å². The van der Waals surface area contributed by atoms with Crippen molar-refractivity contribution in [2.75, 3.05) is 5.73 Å². The Morgan fingerprint density at radius 2 is 1.79 bits per heavy atom. The lowest BCUT2D eigenvalue weighted by Crippen LogP contribution is -2.45. The molecule has 0 aliphatic carbocycles. The van der Waals surface area contributed by atoms with Crippen LogP contribution in [0.15, 0.2) is 48.5 Å². The number of carbonyl (C=O) groups is 2. The zero-order chi connectivity index (χ0) is 17.7. The average molecular weight is 326 g/mol. The van der Waals surface area contributed by atoms with Crippen LogP contribution < -0.4 is 11.1 Å². The maximum absolute atomic E-state index is 12.3. The molecule has 0 aromatic heterocycles. The average Bonchev–Trinajstić information content (AvgIpc) is 2.58. The van der Waals surface area contributed by atoms with Gasteiger partial charge in [0.1, 0.15) is 6.04 Å². The molecule has 0 radical (unpaired) electrons. The van der Waals surface area contributed by atoms with Crippen LogP contribution in [0, 0.1) is 5.92 Å². The van der Waals surface area contributed by atoms with Gasteiger partial charge in [-0.3, -0.25) is 4.79 Å². The van der Waals surface area contributed by atoms with Gasteiger partial charge in [-0.15, -0.1) is 0 Å². The van der Waals surface area contributed by atoms with E-state index in [2.05, 4.69) is 5.32 Å². The number of hydrogen-bond donors (Lipinski definition) is 3. The van der Waals surface area contributed by atoms with Gasteiger partial charge in [-0.25, -0.2) is 4.79 Å². The molecule has 4 N–H and O–H groups in total. The first-order valence-corrected chi connectivity index (χ1v) is 7.92. The van der Waals surface area contributed by atoms with E-state index < -0.39 is 12.0 Å². The van der Waals surface area contributed by atoms with Crippen molar-refractivity contribution in [3.63, 3.8) is 0 Å². The monoisotopic (exact) mass is 326 g/mol. The van der Waals surface area contributed by atoms with Gasteiger partial charge < -0.3 is 16.2 Å². The van der Waals surface area contributed by atoms with Crippen LogP contribution in [-0.2, 0) is 4.79 Å². The number of amides is 1. The van der Waals surface area contributed by atoms with Gasteiger partial charge in [0, 0.05) is 11.3 Å². The minimum atomic E-state index is -1.02. The van der Waals surface area contributed by atoms with Gasteiger partial charge >= 0.3 is 5.97 Å². The molecule has 0 heterocycles. The Bertz CT molecular complexity index is 726. The molecule has 0 aliphatic heterocycles. The Morgan fingerprint density at radius 1 is 1.12 bits per heavy atom. The number of carboxylic acid groups (broad SMARTS) is 1. The lowest BCUT2D eigenvalue weighted by molar-refractivity contribution is -0.140. The lowest BCUT2D eigenvalue weighted by Gasteiger charge is -2.20. The molecule has 2 aromatic carbocycles. The van der Waals surface area contributed by atoms with Gasteiger partial charge in [0.15, 0.2) is 0 Å². The summed E-state index contributed by atoms with van der Waals surface area (Å²) in [6.07, 6.45) is 0.672. The molecule has 0 saturated carbocycles. The van der Waals surface area contributed by atoms with E-state index in [1.807, 2.05) is 50.2 Å². The maximum atomic E-state index is 12.3. The van der Waals surface area contributed by atoms with Crippen LogP contribution in [0.25, 0.3) is 11.1 Å². The summed E-state index contributed by atoms with van der Waals surface area (Å²) in [5.41, 5.74) is 8.78. The van der Waals surface area contributed by atoms with Crippen LogP contribution >= 0.6 is 0 Å². The molecule has 24 heavy (non-hydrogen) atoms. The molecule has 5 heteroatoms. The first-order chi connectivity index (χ1) is 11.4. The van der Waals surface area contributed by atoms with Gasteiger partial charge in [-0.2, -0.15) is 0 Å². The number of benzene rings is 2. The number of nitrogens with one attached hydrogen (secondary N) is 1. The minimum Gasteiger partial charge on any atom is -0.480 e. The van der Waals surface area contributed by atoms with E-state index in [-0.39, 0.29) is 11.8 Å². The second kappa shape index (κ2) is 7.64. The number of anilines is 1. The van der Waals surface area contributed by atoms with Crippen molar-refractivity contribution in [2.45, 2.75) is 26.3 Å². The largest absolute Gasteiger partial charge is 0.480 e. The molecule has 0 spiro atoms. The summed E-state index contributed by atoms with van der Waals surface area (Å²) in [6, 6.07) is 13.6. The number of aliphatic carboxylic acids is 1. The van der Waals surface area contributed by atoms with Gasteiger partial charge in [0.05, 0.1) is 0 Å². The van der Waals surface area contributed by atoms with E-state index in [0.717, 1.165) is 11.1 Å². The quantitative estimate of drug-likeness (QED) is 0.711.